The first kappa shape index (κ1) is 21.8. The molecule has 28 heavy (non-hydrogen) atoms. The average molecular weight is 441 g/mol. The van der Waals surface area contributed by atoms with Crippen molar-refractivity contribution >= 4 is 5.97 Å². The molecule has 0 aliphatic rings. The minimum absolute atomic E-state index is 0. The highest BCUT2D eigenvalue weighted by Crippen LogP contribution is 2.28. The summed E-state index contributed by atoms with van der Waals surface area (Å²) in [6, 6.07) is 23.0. The second-order valence-corrected chi connectivity index (χ2v) is 7.57. The van der Waals surface area contributed by atoms with Crippen molar-refractivity contribution in [3.05, 3.63) is 95.8 Å². The van der Waals surface area contributed by atoms with Gasteiger partial charge in [-0.05, 0) is 23.3 Å². The van der Waals surface area contributed by atoms with Crippen molar-refractivity contribution in [2.45, 2.75) is 12.5 Å². The molecule has 0 aliphatic heterocycles. The SMILES string of the molecule is C[N+](C)(C)Cc1ncccc1OC(=O)C(c1ccccc1)c1ccccc1.[Br-]. The lowest BCUT2D eigenvalue weighted by molar-refractivity contribution is -0.884. The quantitative estimate of drug-likeness (QED) is 0.424. The zero-order valence-corrected chi connectivity index (χ0v) is 18.0. The Balaban J connectivity index is 0.00000280. The summed E-state index contributed by atoms with van der Waals surface area (Å²) < 4.78 is 6.55. The fourth-order valence-corrected chi connectivity index (χ4v) is 3.01. The van der Waals surface area contributed by atoms with Crippen LogP contribution < -0.4 is 21.7 Å². The molecule has 0 unspecified atom stereocenters. The summed E-state index contributed by atoms with van der Waals surface area (Å²) in [5.74, 6) is -0.264. The predicted molar refractivity (Wildman–Crippen MR) is 106 cm³/mol. The molecule has 2 aromatic carbocycles. The lowest BCUT2D eigenvalue weighted by Gasteiger charge is -2.24. The first-order chi connectivity index (χ1) is 12.9. The van der Waals surface area contributed by atoms with E-state index < -0.39 is 5.92 Å². The van der Waals surface area contributed by atoms with Crippen LogP contribution in [0.3, 0.4) is 0 Å². The summed E-state index contributed by atoms with van der Waals surface area (Å²) in [4.78, 5) is 17.6. The van der Waals surface area contributed by atoms with Crippen molar-refractivity contribution < 1.29 is 31.0 Å². The number of rotatable bonds is 6. The van der Waals surface area contributed by atoms with Gasteiger partial charge in [0.1, 0.15) is 18.2 Å². The van der Waals surface area contributed by atoms with Gasteiger partial charge in [-0.2, -0.15) is 0 Å². The second kappa shape index (κ2) is 9.62. The zero-order valence-electron chi connectivity index (χ0n) is 16.4. The molecule has 3 rings (SSSR count). The maximum Gasteiger partial charge on any atom is 0.323 e. The lowest BCUT2D eigenvalue weighted by atomic mass is 9.91. The van der Waals surface area contributed by atoms with E-state index in [2.05, 4.69) is 26.1 Å². The third-order valence-corrected chi connectivity index (χ3v) is 4.18. The van der Waals surface area contributed by atoms with Gasteiger partial charge in [0.15, 0.2) is 5.75 Å². The van der Waals surface area contributed by atoms with Crippen LogP contribution >= 0.6 is 0 Å². The molecule has 1 heterocycles. The summed E-state index contributed by atoms with van der Waals surface area (Å²) in [7, 11) is 6.24. The van der Waals surface area contributed by atoms with Crippen LogP contribution in [0.5, 0.6) is 5.75 Å². The number of nitrogens with zero attached hydrogens (tertiary/aromatic N) is 2. The number of esters is 1. The first-order valence-corrected chi connectivity index (χ1v) is 9.00. The maximum atomic E-state index is 13.2. The van der Waals surface area contributed by atoms with Gasteiger partial charge in [-0.3, -0.25) is 9.78 Å². The normalized spacial score (nSPS) is 11.0. The van der Waals surface area contributed by atoms with Crippen LogP contribution in [0.15, 0.2) is 79.0 Å². The molecule has 3 aromatic rings. The molecule has 1 aromatic heterocycles. The molecule has 5 heteroatoms. The van der Waals surface area contributed by atoms with Crippen LogP contribution in [0.1, 0.15) is 22.7 Å². The topological polar surface area (TPSA) is 39.2 Å². The molecule has 0 amide bonds. The van der Waals surface area contributed by atoms with E-state index in [1.807, 2.05) is 66.7 Å². The number of carbonyl (C=O) groups excluding carboxylic acids is 1. The van der Waals surface area contributed by atoms with Crippen LogP contribution in [0.25, 0.3) is 0 Å². The molecular weight excluding hydrogens is 416 g/mol. The number of hydrogen-bond donors (Lipinski definition) is 0. The largest absolute Gasteiger partial charge is 1.00 e. The Morgan fingerprint density at radius 3 is 1.93 bits per heavy atom. The molecule has 0 aliphatic carbocycles. The van der Waals surface area contributed by atoms with E-state index in [0.29, 0.717) is 16.8 Å². The van der Waals surface area contributed by atoms with Gasteiger partial charge in [-0.1, -0.05) is 60.7 Å². The molecule has 0 fully saturated rings. The number of aromatic nitrogens is 1. The summed E-state index contributed by atoms with van der Waals surface area (Å²) in [6.07, 6.45) is 1.73. The maximum absolute atomic E-state index is 13.2. The number of halogens is 1. The Kier molecular flexibility index (Phi) is 7.49. The van der Waals surface area contributed by atoms with Gasteiger partial charge in [0.2, 0.25) is 0 Å². The summed E-state index contributed by atoms with van der Waals surface area (Å²) in [5, 5.41) is 0. The Morgan fingerprint density at radius 2 is 1.43 bits per heavy atom. The van der Waals surface area contributed by atoms with Crippen LogP contribution in [0, 0.1) is 0 Å². The molecule has 0 spiro atoms. The smallest absolute Gasteiger partial charge is 0.323 e. The Hall–Kier alpha value is -2.50. The van der Waals surface area contributed by atoms with Gasteiger partial charge >= 0.3 is 5.97 Å². The predicted octanol–water partition coefficient (Wildman–Crippen LogP) is 1.03. The standard InChI is InChI=1S/C23H25N2O2.BrH/c1-25(2,3)17-20-21(15-10-16-24-20)27-23(26)22(18-11-6-4-7-12-18)19-13-8-5-9-14-19;/h4-16,22H,17H2,1-3H3;1H/q+1;/p-1. The minimum atomic E-state index is -0.482. The van der Waals surface area contributed by atoms with E-state index in [0.717, 1.165) is 16.8 Å². The average Bonchev–Trinajstić information content (AvgIpc) is 2.64. The van der Waals surface area contributed by atoms with E-state index in [-0.39, 0.29) is 23.0 Å². The monoisotopic (exact) mass is 440 g/mol. The van der Waals surface area contributed by atoms with Gasteiger partial charge in [0.05, 0.1) is 21.1 Å². The Bertz CT molecular complexity index is 854. The van der Waals surface area contributed by atoms with Gasteiger partial charge < -0.3 is 26.2 Å². The van der Waals surface area contributed by atoms with Crippen molar-refractivity contribution in [2.24, 2.45) is 0 Å². The number of carbonyl (C=O) groups is 1. The molecule has 0 N–H and O–H groups in total. The number of benzene rings is 2. The molecule has 0 atom stereocenters. The van der Waals surface area contributed by atoms with Gasteiger partial charge in [-0.25, -0.2) is 0 Å². The zero-order chi connectivity index (χ0) is 19.3. The number of ether oxygens (including phenoxy) is 1. The van der Waals surface area contributed by atoms with Gasteiger partial charge in [0.25, 0.3) is 0 Å². The third-order valence-electron chi connectivity index (χ3n) is 4.18. The van der Waals surface area contributed by atoms with Crippen molar-refractivity contribution in [1.82, 2.24) is 4.98 Å². The first-order valence-electron chi connectivity index (χ1n) is 9.00. The fraction of sp³-hybridized carbons (Fsp3) is 0.217. The molecule has 0 saturated heterocycles. The second-order valence-electron chi connectivity index (χ2n) is 7.57. The van der Waals surface area contributed by atoms with E-state index in [1.54, 1.807) is 12.3 Å². The molecule has 0 saturated carbocycles. The highest BCUT2D eigenvalue weighted by molar-refractivity contribution is 5.84. The molecular formula is C23H25BrN2O2. The number of pyridine rings is 1. The van der Waals surface area contributed by atoms with Crippen LogP contribution in [-0.4, -0.2) is 36.6 Å². The third kappa shape index (κ3) is 5.75. The Morgan fingerprint density at radius 1 is 0.893 bits per heavy atom. The molecule has 4 nitrogen and oxygen atoms in total. The van der Waals surface area contributed by atoms with E-state index >= 15 is 0 Å². The summed E-state index contributed by atoms with van der Waals surface area (Å²) in [6.45, 7) is 0.671. The van der Waals surface area contributed by atoms with Gasteiger partial charge in [0, 0.05) is 6.20 Å². The highest BCUT2D eigenvalue weighted by Gasteiger charge is 2.26. The van der Waals surface area contributed by atoms with Crippen molar-refractivity contribution in [2.75, 3.05) is 21.1 Å². The van der Waals surface area contributed by atoms with Crippen LogP contribution in [0.4, 0.5) is 0 Å². The van der Waals surface area contributed by atoms with E-state index in [9.17, 15) is 4.79 Å². The summed E-state index contributed by atoms with van der Waals surface area (Å²) >= 11 is 0. The van der Waals surface area contributed by atoms with Crippen molar-refractivity contribution in [3.8, 4) is 5.75 Å². The van der Waals surface area contributed by atoms with Gasteiger partial charge in [-0.15, -0.1) is 0 Å². The minimum Gasteiger partial charge on any atom is -1.00 e. The summed E-state index contributed by atoms with van der Waals surface area (Å²) in [5.41, 5.74) is 2.59. The molecule has 0 bridgehead atoms. The lowest BCUT2D eigenvalue weighted by Crippen LogP contribution is -3.00. The highest BCUT2D eigenvalue weighted by atomic mass is 79.9. The fourth-order valence-electron chi connectivity index (χ4n) is 3.01. The molecule has 0 radical (unpaired) electrons. The van der Waals surface area contributed by atoms with Crippen LogP contribution in [-0.2, 0) is 11.3 Å². The number of hydrogen-bond acceptors (Lipinski definition) is 3. The van der Waals surface area contributed by atoms with E-state index in [4.69, 9.17) is 4.74 Å². The Labute approximate surface area is 177 Å². The van der Waals surface area contributed by atoms with Crippen LogP contribution in [0.2, 0.25) is 0 Å². The van der Waals surface area contributed by atoms with Crippen molar-refractivity contribution in [1.29, 1.82) is 0 Å². The molecule has 146 valence electrons. The number of quaternary nitrogens is 1. The van der Waals surface area contributed by atoms with Crippen molar-refractivity contribution in [3.63, 3.8) is 0 Å². The van der Waals surface area contributed by atoms with E-state index in [1.165, 1.54) is 0 Å².